The van der Waals surface area contributed by atoms with Crippen LogP contribution >= 0.6 is 0 Å². The SMILES string of the molecule is CCCCCc1ccc2c3c(C(N)=O)cccc3n(Cc3ccc(F)cc3F)c2c1. The zero-order chi connectivity index (χ0) is 21.3. The van der Waals surface area contributed by atoms with Crippen molar-refractivity contribution in [1.82, 2.24) is 4.57 Å². The zero-order valence-electron chi connectivity index (χ0n) is 16.9. The Kier molecular flexibility index (Phi) is 5.53. The van der Waals surface area contributed by atoms with Crippen LogP contribution in [0.25, 0.3) is 21.8 Å². The zero-order valence-corrected chi connectivity index (χ0v) is 16.9. The van der Waals surface area contributed by atoms with Gasteiger partial charge in [0.1, 0.15) is 11.6 Å². The monoisotopic (exact) mass is 406 g/mol. The van der Waals surface area contributed by atoms with Crippen molar-refractivity contribution in [2.45, 2.75) is 39.2 Å². The molecule has 0 aliphatic carbocycles. The number of halogens is 2. The van der Waals surface area contributed by atoms with Crippen LogP contribution in [0.3, 0.4) is 0 Å². The molecule has 1 aromatic heterocycles. The molecule has 3 nitrogen and oxygen atoms in total. The summed E-state index contributed by atoms with van der Waals surface area (Å²) in [6.07, 6.45) is 4.36. The van der Waals surface area contributed by atoms with Gasteiger partial charge >= 0.3 is 0 Å². The topological polar surface area (TPSA) is 48.0 Å². The Morgan fingerprint density at radius 1 is 1.00 bits per heavy atom. The van der Waals surface area contributed by atoms with E-state index in [-0.39, 0.29) is 6.54 Å². The Hall–Kier alpha value is -3.21. The molecule has 5 heteroatoms. The van der Waals surface area contributed by atoms with Crippen LogP contribution in [-0.4, -0.2) is 10.5 Å². The predicted molar refractivity (Wildman–Crippen MR) is 117 cm³/mol. The third-order valence-electron chi connectivity index (χ3n) is 5.63. The largest absolute Gasteiger partial charge is 0.366 e. The summed E-state index contributed by atoms with van der Waals surface area (Å²) in [6, 6.07) is 15.2. The summed E-state index contributed by atoms with van der Waals surface area (Å²) >= 11 is 0. The van der Waals surface area contributed by atoms with Crippen molar-refractivity contribution in [3.8, 4) is 0 Å². The van der Waals surface area contributed by atoms with Crippen LogP contribution in [0, 0.1) is 11.6 Å². The second kappa shape index (κ2) is 8.27. The van der Waals surface area contributed by atoms with Crippen molar-refractivity contribution < 1.29 is 13.6 Å². The molecule has 1 heterocycles. The molecule has 0 atom stereocenters. The number of carbonyl (C=O) groups is 1. The number of nitrogens with zero attached hydrogens (tertiary/aromatic N) is 1. The van der Waals surface area contributed by atoms with Gasteiger partial charge in [-0.15, -0.1) is 0 Å². The van der Waals surface area contributed by atoms with E-state index < -0.39 is 17.5 Å². The van der Waals surface area contributed by atoms with E-state index in [2.05, 4.69) is 19.1 Å². The quantitative estimate of drug-likeness (QED) is 0.379. The van der Waals surface area contributed by atoms with Gasteiger partial charge in [-0.2, -0.15) is 0 Å². The Balaban J connectivity index is 1.93. The molecule has 1 amide bonds. The maximum Gasteiger partial charge on any atom is 0.249 e. The maximum atomic E-state index is 14.4. The van der Waals surface area contributed by atoms with Crippen molar-refractivity contribution in [3.05, 3.63) is 82.9 Å². The van der Waals surface area contributed by atoms with E-state index in [0.29, 0.717) is 11.1 Å². The van der Waals surface area contributed by atoms with Gasteiger partial charge in [-0.1, -0.05) is 44.0 Å². The lowest BCUT2D eigenvalue weighted by Gasteiger charge is -2.10. The van der Waals surface area contributed by atoms with E-state index in [4.69, 9.17) is 5.73 Å². The van der Waals surface area contributed by atoms with Crippen LogP contribution in [0.4, 0.5) is 8.78 Å². The number of aryl methyl sites for hydroxylation is 1. The molecule has 0 unspecified atom stereocenters. The van der Waals surface area contributed by atoms with Crippen LogP contribution in [0.1, 0.15) is 47.7 Å². The van der Waals surface area contributed by atoms with Gasteiger partial charge in [0, 0.05) is 33.5 Å². The minimum Gasteiger partial charge on any atom is -0.366 e. The number of aromatic nitrogens is 1. The highest BCUT2D eigenvalue weighted by Crippen LogP contribution is 2.33. The Morgan fingerprint density at radius 3 is 2.57 bits per heavy atom. The first-order valence-electron chi connectivity index (χ1n) is 10.3. The van der Waals surface area contributed by atoms with Gasteiger partial charge in [-0.05, 0) is 42.7 Å². The number of hydrogen-bond donors (Lipinski definition) is 1. The van der Waals surface area contributed by atoms with Gasteiger partial charge in [-0.25, -0.2) is 8.78 Å². The molecule has 0 bridgehead atoms. The molecule has 30 heavy (non-hydrogen) atoms. The molecule has 3 aromatic carbocycles. The standard InChI is InChI=1S/C25H24F2N2O/c1-2-3-4-6-16-9-12-19-23(13-16)29(15-17-10-11-18(26)14-21(17)27)22-8-5-7-20(24(19)22)25(28)30/h5,7-14H,2-4,6,15H2,1H3,(H2,28,30). The molecule has 0 aliphatic rings. The van der Waals surface area contributed by atoms with E-state index in [1.54, 1.807) is 12.1 Å². The fraction of sp³-hybridized carbons (Fsp3) is 0.240. The van der Waals surface area contributed by atoms with Gasteiger partial charge in [0.15, 0.2) is 0 Å². The summed E-state index contributed by atoms with van der Waals surface area (Å²) in [5.74, 6) is -1.69. The van der Waals surface area contributed by atoms with Crippen LogP contribution in [0.15, 0.2) is 54.6 Å². The summed E-state index contributed by atoms with van der Waals surface area (Å²) in [7, 11) is 0. The molecule has 4 rings (SSSR count). The number of primary amides is 1. The molecule has 0 fully saturated rings. The second-order valence-corrected chi connectivity index (χ2v) is 7.69. The lowest BCUT2D eigenvalue weighted by molar-refractivity contribution is 0.100. The number of amides is 1. The molecule has 154 valence electrons. The molecular weight excluding hydrogens is 382 g/mol. The van der Waals surface area contributed by atoms with Crippen LogP contribution in [-0.2, 0) is 13.0 Å². The highest BCUT2D eigenvalue weighted by molar-refractivity contribution is 6.18. The summed E-state index contributed by atoms with van der Waals surface area (Å²) in [6.45, 7) is 2.40. The summed E-state index contributed by atoms with van der Waals surface area (Å²) < 4.78 is 29.8. The Labute approximate surface area is 174 Å². The average molecular weight is 406 g/mol. The first-order chi connectivity index (χ1) is 14.5. The van der Waals surface area contributed by atoms with Crippen molar-refractivity contribution in [3.63, 3.8) is 0 Å². The number of hydrogen-bond acceptors (Lipinski definition) is 1. The lowest BCUT2D eigenvalue weighted by atomic mass is 10.0. The first kappa shape index (κ1) is 20.1. The van der Waals surface area contributed by atoms with E-state index in [0.717, 1.165) is 53.6 Å². The Bertz CT molecular complexity index is 1240. The third kappa shape index (κ3) is 3.67. The van der Waals surface area contributed by atoms with Gasteiger partial charge < -0.3 is 10.3 Å². The highest BCUT2D eigenvalue weighted by atomic mass is 19.1. The smallest absolute Gasteiger partial charge is 0.249 e. The van der Waals surface area contributed by atoms with E-state index in [1.807, 2.05) is 16.7 Å². The molecule has 0 radical (unpaired) electrons. The molecule has 0 saturated carbocycles. The normalized spacial score (nSPS) is 11.4. The number of rotatable bonds is 7. The first-order valence-corrected chi connectivity index (χ1v) is 10.3. The van der Waals surface area contributed by atoms with Gasteiger partial charge in [0.25, 0.3) is 0 Å². The molecular formula is C25H24F2N2O. The molecule has 4 aromatic rings. The van der Waals surface area contributed by atoms with Crippen molar-refractivity contribution >= 4 is 27.7 Å². The molecule has 0 spiro atoms. The van der Waals surface area contributed by atoms with E-state index in [1.165, 1.54) is 17.7 Å². The van der Waals surface area contributed by atoms with Gasteiger partial charge in [0.05, 0.1) is 12.1 Å². The number of benzene rings is 3. The fourth-order valence-electron chi connectivity index (χ4n) is 4.12. The third-order valence-corrected chi connectivity index (χ3v) is 5.63. The number of unbranched alkanes of at least 4 members (excludes halogenated alkanes) is 2. The average Bonchev–Trinajstić information content (AvgIpc) is 3.03. The maximum absolute atomic E-state index is 14.4. The van der Waals surface area contributed by atoms with Crippen molar-refractivity contribution in [1.29, 1.82) is 0 Å². The van der Waals surface area contributed by atoms with Crippen molar-refractivity contribution in [2.24, 2.45) is 5.73 Å². The fourth-order valence-corrected chi connectivity index (χ4v) is 4.12. The minimum absolute atomic E-state index is 0.229. The van der Waals surface area contributed by atoms with Crippen LogP contribution in [0.2, 0.25) is 0 Å². The summed E-state index contributed by atoms with van der Waals surface area (Å²) in [4.78, 5) is 12.1. The number of fused-ring (bicyclic) bond motifs is 3. The summed E-state index contributed by atoms with van der Waals surface area (Å²) in [5, 5.41) is 1.67. The lowest BCUT2D eigenvalue weighted by Crippen LogP contribution is -2.11. The number of nitrogens with two attached hydrogens (primary N) is 1. The predicted octanol–water partition coefficient (Wildman–Crippen LogP) is 5.95. The van der Waals surface area contributed by atoms with Crippen molar-refractivity contribution in [2.75, 3.05) is 0 Å². The van der Waals surface area contributed by atoms with E-state index >= 15 is 0 Å². The summed E-state index contributed by atoms with van der Waals surface area (Å²) in [5.41, 5.74) is 9.37. The Morgan fingerprint density at radius 2 is 1.83 bits per heavy atom. The molecule has 0 aliphatic heterocycles. The molecule has 2 N–H and O–H groups in total. The second-order valence-electron chi connectivity index (χ2n) is 7.69. The van der Waals surface area contributed by atoms with Crippen LogP contribution in [0.5, 0.6) is 0 Å². The van der Waals surface area contributed by atoms with Gasteiger partial charge in [0.2, 0.25) is 5.91 Å². The highest BCUT2D eigenvalue weighted by Gasteiger charge is 2.18. The van der Waals surface area contributed by atoms with E-state index in [9.17, 15) is 13.6 Å². The van der Waals surface area contributed by atoms with Crippen LogP contribution < -0.4 is 5.73 Å². The molecule has 0 saturated heterocycles. The minimum atomic E-state index is -0.604. The van der Waals surface area contributed by atoms with Gasteiger partial charge in [-0.3, -0.25) is 4.79 Å². The number of carbonyl (C=O) groups excluding carboxylic acids is 1.